The number of aromatic nitrogens is 2. The molecule has 1 heterocycles. The zero-order valence-corrected chi connectivity index (χ0v) is 11.8. The average molecular weight is 270 g/mol. The highest BCUT2D eigenvalue weighted by Crippen LogP contribution is 2.19. The summed E-state index contributed by atoms with van der Waals surface area (Å²) >= 11 is 0. The molecule has 0 aliphatic carbocycles. The van der Waals surface area contributed by atoms with Gasteiger partial charge in [0.2, 0.25) is 0 Å². The predicted molar refractivity (Wildman–Crippen MR) is 77.5 cm³/mol. The summed E-state index contributed by atoms with van der Waals surface area (Å²) in [6.07, 6.45) is 1.42. The molecule has 2 aromatic rings. The molecule has 0 atom stereocenters. The van der Waals surface area contributed by atoms with Gasteiger partial charge < -0.3 is 5.11 Å². The highest BCUT2D eigenvalue weighted by Gasteiger charge is 2.07. The summed E-state index contributed by atoms with van der Waals surface area (Å²) in [6.45, 7) is 4.02. The summed E-state index contributed by atoms with van der Waals surface area (Å²) in [5, 5.41) is 8.73. The largest absolute Gasteiger partial charge is 0.481 e. The second-order valence-electron chi connectivity index (χ2n) is 4.76. The zero-order chi connectivity index (χ0) is 14.5. The minimum Gasteiger partial charge on any atom is -0.481 e. The van der Waals surface area contributed by atoms with Crippen LogP contribution in [0, 0.1) is 6.92 Å². The van der Waals surface area contributed by atoms with Crippen molar-refractivity contribution < 1.29 is 9.90 Å². The molecule has 0 aliphatic heterocycles. The number of nitrogens with zero attached hydrogens (tertiary/aromatic N) is 2. The molecule has 0 saturated heterocycles. The highest BCUT2D eigenvalue weighted by atomic mass is 16.4. The van der Waals surface area contributed by atoms with E-state index in [0.717, 1.165) is 23.4 Å². The van der Waals surface area contributed by atoms with E-state index in [4.69, 9.17) is 5.11 Å². The van der Waals surface area contributed by atoms with Crippen LogP contribution in [0.15, 0.2) is 30.3 Å². The van der Waals surface area contributed by atoms with E-state index < -0.39 is 5.97 Å². The minimum atomic E-state index is -0.830. The molecule has 4 heteroatoms. The van der Waals surface area contributed by atoms with E-state index in [-0.39, 0.29) is 6.42 Å². The number of rotatable bonds is 5. The summed E-state index contributed by atoms with van der Waals surface area (Å²) in [7, 11) is 0. The second kappa shape index (κ2) is 6.28. The Bertz CT molecular complexity index is 606. The third-order valence-corrected chi connectivity index (χ3v) is 3.12. The molecule has 1 aromatic heterocycles. The molecular weight excluding hydrogens is 252 g/mol. The third kappa shape index (κ3) is 3.63. The normalized spacial score (nSPS) is 10.5. The van der Waals surface area contributed by atoms with Crippen molar-refractivity contribution in [2.24, 2.45) is 0 Å². The molecule has 104 valence electrons. The smallest absolute Gasteiger partial charge is 0.303 e. The summed E-state index contributed by atoms with van der Waals surface area (Å²) in [5.74, 6) is -0.245. The van der Waals surface area contributed by atoms with Gasteiger partial charge in [-0.1, -0.05) is 31.2 Å². The number of carboxylic acids is 1. The Labute approximate surface area is 118 Å². The standard InChI is InChI=1S/C16H18N2O2/c1-3-12-4-6-13(7-5-12)14-10-11(2)17-15(18-14)8-9-16(19)20/h4-7,10H,3,8-9H2,1-2H3,(H,19,20). The first-order valence-corrected chi connectivity index (χ1v) is 6.74. The number of hydrogen-bond donors (Lipinski definition) is 1. The average Bonchev–Trinajstić information content (AvgIpc) is 2.44. The molecule has 0 radical (unpaired) electrons. The summed E-state index contributed by atoms with van der Waals surface area (Å²) in [5.41, 5.74) is 4.02. The van der Waals surface area contributed by atoms with Gasteiger partial charge in [-0.25, -0.2) is 9.97 Å². The lowest BCUT2D eigenvalue weighted by Crippen LogP contribution is -2.03. The third-order valence-electron chi connectivity index (χ3n) is 3.12. The van der Waals surface area contributed by atoms with Crippen LogP contribution in [0.1, 0.15) is 30.4 Å². The fourth-order valence-corrected chi connectivity index (χ4v) is 2.02. The molecule has 0 saturated carbocycles. The van der Waals surface area contributed by atoms with Crippen molar-refractivity contribution in [1.29, 1.82) is 0 Å². The molecule has 0 unspecified atom stereocenters. The topological polar surface area (TPSA) is 63.1 Å². The van der Waals surface area contributed by atoms with Crippen molar-refractivity contribution >= 4 is 5.97 Å². The molecule has 1 aromatic carbocycles. The van der Waals surface area contributed by atoms with Gasteiger partial charge in [0.05, 0.1) is 12.1 Å². The van der Waals surface area contributed by atoms with Crippen LogP contribution < -0.4 is 0 Å². The maximum absolute atomic E-state index is 10.6. The van der Waals surface area contributed by atoms with E-state index in [1.807, 2.05) is 25.1 Å². The molecule has 0 aliphatic rings. The first kappa shape index (κ1) is 14.2. The molecule has 0 spiro atoms. The van der Waals surface area contributed by atoms with Crippen LogP contribution in [0.2, 0.25) is 0 Å². The van der Waals surface area contributed by atoms with Crippen molar-refractivity contribution in [2.75, 3.05) is 0 Å². The van der Waals surface area contributed by atoms with Crippen LogP contribution in [0.5, 0.6) is 0 Å². The van der Waals surface area contributed by atoms with Gasteiger partial charge in [0.15, 0.2) is 0 Å². The van der Waals surface area contributed by atoms with E-state index in [9.17, 15) is 4.79 Å². The lowest BCUT2D eigenvalue weighted by atomic mass is 10.1. The summed E-state index contributed by atoms with van der Waals surface area (Å²) in [6, 6.07) is 10.2. The van der Waals surface area contributed by atoms with Gasteiger partial charge in [-0.05, 0) is 25.0 Å². The van der Waals surface area contributed by atoms with Gasteiger partial charge in [0.25, 0.3) is 0 Å². The number of hydrogen-bond acceptors (Lipinski definition) is 3. The maximum atomic E-state index is 10.6. The van der Waals surface area contributed by atoms with Crippen LogP contribution in [-0.4, -0.2) is 21.0 Å². The summed E-state index contributed by atoms with van der Waals surface area (Å²) in [4.78, 5) is 19.4. The Balaban J connectivity index is 2.28. The van der Waals surface area contributed by atoms with Crippen LogP contribution >= 0.6 is 0 Å². The molecule has 1 N–H and O–H groups in total. The van der Waals surface area contributed by atoms with Crippen molar-refractivity contribution in [1.82, 2.24) is 9.97 Å². The van der Waals surface area contributed by atoms with Gasteiger partial charge in [0.1, 0.15) is 5.82 Å². The maximum Gasteiger partial charge on any atom is 0.303 e. The van der Waals surface area contributed by atoms with E-state index >= 15 is 0 Å². The highest BCUT2D eigenvalue weighted by molar-refractivity contribution is 5.67. The minimum absolute atomic E-state index is 0.0532. The number of aliphatic carboxylic acids is 1. The molecule has 4 nitrogen and oxygen atoms in total. The lowest BCUT2D eigenvalue weighted by Gasteiger charge is -2.06. The first-order valence-electron chi connectivity index (χ1n) is 6.74. The lowest BCUT2D eigenvalue weighted by molar-refractivity contribution is -0.137. The zero-order valence-electron chi connectivity index (χ0n) is 11.8. The molecule has 0 bridgehead atoms. The van der Waals surface area contributed by atoms with Gasteiger partial charge in [-0.2, -0.15) is 0 Å². The van der Waals surface area contributed by atoms with Crippen LogP contribution in [-0.2, 0) is 17.6 Å². The Morgan fingerprint density at radius 3 is 2.50 bits per heavy atom. The number of carboxylic acid groups (broad SMARTS) is 1. The SMILES string of the molecule is CCc1ccc(-c2cc(C)nc(CCC(=O)O)n2)cc1. The van der Waals surface area contributed by atoms with Crippen LogP contribution in [0.4, 0.5) is 0 Å². The van der Waals surface area contributed by atoms with Crippen molar-refractivity contribution in [3.63, 3.8) is 0 Å². The molecular formula is C16H18N2O2. The number of carbonyl (C=O) groups is 1. The Morgan fingerprint density at radius 2 is 1.90 bits per heavy atom. The Morgan fingerprint density at radius 1 is 1.20 bits per heavy atom. The van der Waals surface area contributed by atoms with Gasteiger partial charge in [-0.15, -0.1) is 0 Å². The van der Waals surface area contributed by atoms with E-state index in [1.165, 1.54) is 5.56 Å². The van der Waals surface area contributed by atoms with E-state index in [1.54, 1.807) is 0 Å². The van der Waals surface area contributed by atoms with Gasteiger partial charge >= 0.3 is 5.97 Å². The van der Waals surface area contributed by atoms with Crippen molar-refractivity contribution in [3.05, 3.63) is 47.4 Å². The predicted octanol–water partition coefficient (Wildman–Crippen LogP) is 3.03. The Kier molecular flexibility index (Phi) is 4.45. The molecule has 0 fully saturated rings. The van der Waals surface area contributed by atoms with Gasteiger partial charge in [0, 0.05) is 17.7 Å². The fourth-order valence-electron chi connectivity index (χ4n) is 2.02. The van der Waals surface area contributed by atoms with E-state index in [0.29, 0.717) is 12.2 Å². The summed E-state index contributed by atoms with van der Waals surface area (Å²) < 4.78 is 0. The van der Waals surface area contributed by atoms with Crippen LogP contribution in [0.3, 0.4) is 0 Å². The van der Waals surface area contributed by atoms with E-state index in [2.05, 4.69) is 29.0 Å². The van der Waals surface area contributed by atoms with Crippen molar-refractivity contribution in [2.45, 2.75) is 33.1 Å². The second-order valence-corrected chi connectivity index (χ2v) is 4.76. The fraction of sp³-hybridized carbons (Fsp3) is 0.312. The first-order chi connectivity index (χ1) is 9.58. The molecule has 20 heavy (non-hydrogen) atoms. The molecule has 2 rings (SSSR count). The molecule has 0 amide bonds. The Hall–Kier alpha value is -2.23. The number of aryl methyl sites for hydroxylation is 3. The monoisotopic (exact) mass is 270 g/mol. The van der Waals surface area contributed by atoms with Gasteiger partial charge in [-0.3, -0.25) is 4.79 Å². The van der Waals surface area contributed by atoms with Crippen molar-refractivity contribution in [3.8, 4) is 11.3 Å². The van der Waals surface area contributed by atoms with Crippen LogP contribution in [0.25, 0.3) is 11.3 Å². The number of benzene rings is 1. The quantitative estimate of drug-likeness (QED) is 0.907.